The number of hydrogen-bond acceptors (Lipinski definition) is 2. The van der Waals surface area contributed by atoms with Gasteiger partial charge in [-0.2, -0.15) is 0 Å². The van der Waals surface area contributed by atoms with Gasteiger partial charge in [0.15, 0.2) is 0 Å². The van der Waals surface area contributed by atoms with Crippen LogP contribution in [0.25, 0.3) is 0 Å². The lowest BCUT2D eigenvalue weighted by Crippen LogP contribution is -2.41. The Hall–Kier alpha value is -0.880. The Bertz CT molecular complexity index is 502. The third-order valence-electron chi connectivity index (χ3n) is 2.99. The summed E-state index contributed by atoms with van der Waals surface area (Å²) < 4.78 is 1.54. The van der Waals surface area contributed by atoms with Crippen LogP contribution >= 0.6 is 31.9 Å². The second-order valence-corrected chi connectivity index (χ2v) is 6.12. The number of hydrogen-bond donors (Lipinski definition) is 0. The fourth-order valence-electron chi connectivity index (χ4n) is 1.82. The largest absolute Gasteiger partial charge is 0.342 e. The first-order valence-electron chi connectivity index (χ1n) is 6.39. The Balaban J connectivity index is 2.82. The van der Waals surface area contributed by atoms with Gasteiger partial charge in [-0.3, -0.25) is 9.59 Å². The monoisotopic (exact) mass is 404 g/mol. The first-order chi connectivity index (χ1) is 9.40. The minimum Gasteiger partial charge on any atom is -0.342 e. The van der Waals surface area contributed by atoms with Crippen LogP contribution in [0.1, 0.15) is 24.2 Å². The standard InChI is InChI=1S/C14H18Br2N2O2/c1-4-18(5-2)13(19)9-17(3)14(20)11-8-10(15)6-7-12(11)16/h6-8H,4-5,9H2,1-3H3. The zero-order chi connectivity index (χ0) is 15.3. The smallest absolute Gasteiger partial charge is 0.255 e. The van der Waals surface area contributed by atoms with E-state index >= 15 is 0 Å². The van der Waals surface area contributed by atoms with E-state index in [4.69, 9.17) is 0 Å². The minimum atomic E-state index is -0.182. The molecule has 1 aromatic carbocycles. The van der Waals surface area contributed by atoms with Crippen LogP contribution in [0, 0.1) is 0 Å². The van der Waals surface area contributed by atoms with Crippen molar-refractivity contribution in [1.82, 2.24) is 9.80 Å². The number of rotatable bonds is 5. The highest BCUT2D eigenvalue weighted by Crippen LogP contribution is 2.22. The molecule has 1 aromatic rings. The van der Waals surface area contributed by atoms with Crippen LogP contribution in [-0.2, 0) is 4.79 Å². The zero-order valence-electron chi connectivity index (χ0n) is 11.8. The summed E-state index contributed by atoms with van der Waals surface area (Å²) in [6, 6.07) is 5.39. The molecular formula is C14H18Br2N2O2. The molecule has 0 saturated heterocycles. The molecule has 0 saturated carbocycles. The predicted octanol–water partition coefficient (Wildman–Crippen LogP) is 3.15. The second-order valence-electron chi connectivity index (χ2n) is 4.35. The van der Waals surface area contributed by atoms with Crippen LogP contribution in [0.5, 0.6) is 0 Å². The maximum Gasteiger partial charge on any atom is 0.255 e. The van der Waals surface area contributed by atoms with Crippen LogP contribution in [0.4, 0.5) is 0 Å². The molecule has 0 atom stereocenters. The number of likely N-dealkylation sites (N-methyl/N-ethyl adjacent to an activating group) is 2. The molecule has 1 rings (SSSR count). The Morgan fingerprint density at radius 1 is 1.15 bits per heavy atom. The van der Waals surface area contributed by atoms with E-state index in [1.807, 2.05) is 19.9 Å². The fraction of sp³-hybridized carbons (Fsp3) is 0.429. The average molecular weight is 406 g/mol. The van der Waals surface area contributed by atoms with Crippen LogP contribution in [0.2, 0.25) is 0 Å². The summed E-state index contributed by atoms with van der Waals surface area (Å²) in [4.78, 5) is 27.5. The molecule has 0 spiro atoms. The summed E-state index contributed by atoms with van der Waals surface area (Å²) in [5, 5.41) is 0. The van der Waals surface area contributed by atoms with Crippen molar-refractivity contribution in [3.05, 3.63) is 32.7 Å². The molecule has 110 valence electrons. The fourth-order valence-corrected chi connectivity index (χ4v) is 2.60. The van der Waals surface area contributed by atoms with Crippen molar-refractivity contribution in [3.63, 3.8) is 0 Å². The molecule has 0 heterocycles. The van der Waals surface area contributed by atoms with Gasteiger partial charge in [0.1, 0.15) is 0 Å². The topological polar surface area (TPSA) is 40.6 Å². The average Bonchev–Trinajstić information content (AvgIpc) is 2.42. The Morgan fingerprint density at radius 2 is 1.75 bits per heavy atom. The Kier molecular flexibility index (Phi) is 6.68. The van der Waals surface area contributed by atoms with Gasteiger partial charge >= 0.3 is 0 Å². The maximum atomic E-state index is 12.4. The van der Waals surface area contributed by atoms with Crippen molar-refractivity contribution in [1.29, 1.82) is 0 Å². The molecule has 2 amide bonds. The van der Waals surface area contributed by atoms with Crippen LogP contribution in [0.15, 0.2) is 27.1 Å². The van der Waals surface area contributed by atoms with Gasteiger partial charge in [0, 0.05) is 29.1 Å². The summed E-state index contributed by atoms with van der Waals surface area (Å²) in [6.07, 6.45) is 0. The van der Waals surface area contributed by atoms with E-state index in [0.29, 0.717) is 23.1 Å². The first kappa shape index (κ1) is 17.2. The predicted molar refractivity (Wildman–Crippen MR) is 86.7 cm³/mol. The van der Waals surface area contributed by atoms with Gasteiger partial charge in [0.2, 0.25) is 5.91 Å². The van der Waals surface area contributed by atoms with E-state index in [1.54, 1.807) is 24.1 Å². The first-order valence-corrected chi connectivity index (χ1v) is 7.97. The molecule has 20 heavy (non-hydrogen) atoms. The summed E-state index contributed by atoms with van der Waals surface area (Å²) in [7, 11) is 1.64. The van der Waals surface area contributed by atoms with Crippen molar-refractivity contribution in [2.45, 2.75) is 13.8 Å². The third kappa shape index (κ3) is 4.31. The summed E-state index contributed by atoms with van der Waals surface area (Å²) >= 11 is 6.70. The molecule has 0 fully saturated rings. The number of benzene rings is 1. The number of nitrogens with zero attached hydrogens (tertiary/aromatic N) is 2. The Labute approximate surface area is 136 Å². The van der Waals surface area contributed by atoms with Crippen molar-refractivity contribution < 1.29 is 9.59 Å². The van der Waals surface area contributed by atoms with E-state index in [-0.39, 0.29) is 18.4 Å². The molecular weight excluding hydrogens is 388 g/mol. The summed E-state index contributed by atoms with van der Waals surface area (Å²) in [5.41, 5.74) is 0.536. The molecule has 0 aliphatic rings. The van der Waals surface area contributed by atoms with E-state index in [0.717, 1.165) is 4.47 Å². The van der Waals surface area contributed by atoms with Gasteiger partial charge in [0.05, 0.1) is 12.1 Å². The third-order valence-corrected chi connectivity index (χ3v) is 4.18. The second kappa shape index (κ2) is 7.78. The van der Waals surface area contributed by atoms with E-state index < -0.39 is 0 Å². The zero-order valence-corrected chi connectivity index (χ0v) is 15.0. The maximum absolute atomic E-state index is 12.4. The van der Waals surface area contributed by atoms with Gasteiger partial charge in [-0.15, -0.1) is 0 Å². The van der Waals surface area contributed by atoms with Crippen molar-refractivity contribution >= 4 is 43.7 Å². The number of carbonyl (C=O) groups excluding carboxylic acids is 2. The van der Waals surface area contributed by atoms with Crippen molar-refractivity contribution in [2.75, 3.05) is 26.7 Å². The van der Waals surface area contributed by atoms with E-state index in [9.17, 15) is 9.59 Å². The number of halogens is 2. The Morgan fingerprint density at radius 3 is 2.30 bits per heavy atom. The van der Waals surface area contributed by atoms with Gasteiger partial charge in [-0.25, -0.2) is 0 Å². The molecule has 0 bridgehead atoms. The van der Waals surface area contributed by atoms with Crippen LogP contribution < -0.4 is 0 Å². The molecule has 0 aromatic heterocycles. The highest BCUT2D eigenvalue weighted by atomic mass is 79.9. The SMILES string of the molecule is CCN(CC)C(=O)CN(C)C(=O)c1cc(Br)ccc1Br. The van der Waals surface area contributed by atoms with Crippen LogP contribution in [-0.4, -0.2) is 48.3 Å². The van der Waals surface area contributed by atoms with Gasteiger partial charge in [0.25, 0.3) is 5.91 Å². The molecule has 0 radical (unpaired) electrons. The molecule has 0 aliphatic carbocycles. The van der Waals surface area contributed by atoms with E-state index in [1.165, 1.54) is 4.90 Å². The van der Waals surface area contributed by atoms with Gasteiger partial charge in [-0.05, 0) is 48.0 Å². The molecule has 4 nitrogen and oxygen atoms in total. The summed E-state index contributed by atoms with van der Waals surface area (Å²) in [5.74, 6) is -0.226. The minimum absolute atomic E-state index is 0.0445. The molecule has 0 aliphatic heterocycles. The number of amides is 2. The number of carbonyl (C=O) groups is 2. The molecule has 0 N–H and O–H groups in total. The summed E-state index contributed by atoms with van der Waals surface area (Å²) in [6.45, 7) is 5.23. The lowest BCUT2D eigenvalue weighted by atomic mass is 10.2. The normalized spacial score (nSPS) is 10.2. The molecule has 0 unspecified atom stereocenters. The quantitative estimate of drug-likeness (QED) is 0.754. The highest BCUT2D eigenvalue weighted by Gasteiger charge is 2.19. The van der Waals surface area contributed by atoms with Gasteiger partial charge < -0.3 is 9.80 Å². The van der Waals surface area contributed by atoms with E-state index in [2.05, 4.69) is 31.9 Å². The van der Waals surface area contributed by atoms with Crippen molar-refractivity contribution in [3.8, 4) is 0 Å². The van der Waals surface area contributed by atoms with Gasteiger partial charge in [-0.1, -0.05) is 15.9 Å². The highest BCUT2D eigenvalue weighted by molar-refractivity contribution is 9.11. The van der Waals surface area contributed by atoms with Crippen LogP contribution in [0.3, 0.4) is 0 Å². The lowest BCUT2D eigenvalue weighted by Gasteiger charge is -2.23. The lowest BCUT2D eigenvalue weighted by molar-refractivity contribution is -0.131. The van der Waals surface area contributed by atoms with Crippen molar-refractivity contribution in [2.24, 2.45) is 0 Å². The molecule has 6 heteroatoms.